The van der Waals surface area contributed by atoms with Crippen molar-refractivity contribution < 1.29 is 32.2 Å². The number of hydrogen-bond donors (Lipinski definition) is 1. The van der Waals surface area contributed by atoms with Gasteiger partial charge in [0.1, 0.15) is 29.9 Å². The van der Waals surface area contributed by atoms with E-state index in [1.165, 1.54) is 6.07 Å². The molecule has 8 nitrogen and oxygen atoms in total. The fourth-order valence-electron chi connectivity index (χ4n) is 4.42. The van der Waals surface area contributed by atoms with Crippen LogP contribution >= 0.6 is 0 Å². The fourth-order valence-corrected chi connectivity index (χ4v) is 9.64. The van der Waals surface area contributed by atoms with Crippen LogP contribution in [0.3, 0.4) is 0 Å². The number of sulfonamides is 1. The minimum Gasteiger partial charge on any atom is -0.533 e. The standard InChI is InChI=1S/C27H31NO7SSi/c1-27(2,3)37(22-11-7-5-8-12-22,23-13-9-6-10-14-23)35-25-16-15-20(33-18-21-19-34-21)17-24(25)28(26(29)30)36(4,31)32/h5-17,21H,18-19H2,1-4H3,(H,29,30)/t21-/m1/s1. The predicted octanol–water partition coefficient (Wildman–Crippen LogP) is 3.85. The Labute approximate surface area is 218 Å². The Hall–Kier alpha value is -3.34. The van der Waals surface area contributed by atoms with Gasteiger partial charge in [0.25, 0.3) is 0 Å². The maximum Gasteiger partial charge on any atom is 0.426 e. The summed E-state index contributed by atoms with van der Waals surface area (Å²) in [5.41, 5.74) is -0.128. The van der Waals surface area contributed by atoms with E-state index in [4.69, 9.17) is 13.9 Å². The third-order valence-electron chi connectivity index (χ3n) is 6.17. The lowest BCUT2D eigenvalue weighted by atomic mass is 10.2. The Morgan fingerprint density at radius 1 is 1.03 bits per heavy atom. The highest BCUT2D eigenvalue weighted by atomic mass is 32.2. The smallest absolute Gasteiger partial charge is 0.426 e. The van der Waals surface area contributed by atoms with Crippen LogP contribution in [0.5, 0.6) is 11.5 Å². The molecule has 1 N–H and O–H groups in total. The summed E-state index contributed by atoms with van der Waals surface area (Å²) in [6, 6.07) is 24.2. The molecule has 1 atom stereocenters. The van der Waals surface area contributed by atoms with Gasteiger partial charge < -0.3 is 19.0 Å². The lowest BCUT2D eigenvalue weighted by Crippen LogP contribution is -2.69. The van der Waals surface area contributed by atoms with E-state index < -0.39 is 29.5 Å². The summed E-state index contributed by atoms with van der Waals surface area (Å²) in [6.45, 7) is 7.11. The minimum atomic E-state index is -4.21. The van der Waals surface area contributed by atoms with Crippen molar-refractivity contribution in [2.75, 3.05) is 23.8 Å². The molecule has 4 rings (SSSR count). The molecule has 1 amide bonds. The minimum absolute atomic E-state index is 0.0260. The average Bonchev–Trinajstić information content (AvgIpc) is 3.66. The number of rotatable bonds is 9. The average molecular weight is 542 g/mol. The number of carbonyl (C=O) groups is 1. The zero-order valence-electron chi connectivity index (χ0n) is 21.2. The van der Waals surface area contributed by atoms with Gasteiger partial charge in [0.2, 0.25) is 10.0 Å². The van der Waals surface area contributed by atoms with Crippen LogP contribution in [0.2, 0.25) is 5.04 Å². The molecule has 0 unspecified atom stereocenters. The number of hydrogen-bond acceptors (Lipinski definition) is 6. The SMILES string of the molecule is CC(C)(C)[Si](Oc1ccc(OC[C@@H]2CO2)cc1N(C(=O)O)S(C)(=O)=O)(c1ccccc1)c1ccccc1. The predicted molar refractivity (Wildman–Crippen MR) is 145 cm³/mol. The largest absolute Gasteiger partial charge is 0.533 e. The van der Waals surface area contributed by atoms with Crippen LogP contribution in [0.4, 0.5) is 10.5 Å². The summed E-state index contributed by atoms with van der Waals surface area (Å²) in [5, 5.41) is 11.4. The number of carboxylic acid groups (broad SMARTS) is 1. The van der Waals surface area contributed by atoms with Gasteiger partial charge in [-0.1, -0.05) is 81.4 Å². The molecule has 0 spiro atoms. The van der Waals surface area contributed by atoms with E-state index in [0.717, 1.165) is 16.6 Å². The number of anilines is 1. The van der Waals surface area contributed by atoms with Crippen molar-refractivity contribution >= 4 is 40.5 Å². The summed E-state index contributed by atoms with van der Waals surface area (Å²) in [7, 11) is -7.39. The van der Waals surface area contributed by atoms with Crippen molar-refractivity contribution in [3.05, 3.63) is 78.9 Å². The Bertz CT molecular complexity index is 1320. The van der Waals surface area contributed by atoms with E-state index in [2.05, 4.69) is 20.8 Å². The Kier molecular flexibility index (Phi) is 7.36. The topological polar surface area (TPSA) is 106 Å². The molecule has 37 heavy (non-hydrogen) atoms. The highest BCUT2D eigenvalue weighted by Gasteiger charge is 2.52. The van der Waals surface area contributed by atoms with Crippen molar-refractivity contribution in [1.29, 1.82) is 0 Å². The number of epoxide rings is 1. The zero-order chi connectivity index (χ0) is 26.8. The summed E-state index contributed by atoms with van der Waals surface area (Å²) in [6.07, 6.45) is -0.821. The van der Waals surface area contributed by atoms with Crippen LogP contribution in [0, 0.1) is 0 Å². The molecule has 1 saturated heterocycles. The van der Waals surface area contributed by atoms with Crippen molar-refractivity contribution in [2.24, 2.45) is 0 Å². The summed E-state index contributed by atoms with van der Waals surface area (Å²) in [5.74, 6) is 0.451. The number of ether oxygens (including phenoxy) is 2. The highest BCUT2D eigenvalue weighted by molar-refractivity contribution is 7.92. The first-order valence-corrected chi connectivity index (χ1v) is 15.6. The Morgan fingerprint density at radius 3 is 2.00 bits per heavy atom. The quantitative estimate of drug-likeness (QED) is 0.324. The molecule has 0 saturated carbocycles. The van der Waals surface area contributed by atoms with E-state index in [9.17, 15) is 18.3 Å². The van der Waals surface area contributed by atoms with E-state index in [0.29, 0.717) is 16.7 Å². The summed E-state index contributed by atoms with van der Waals surface area (Å²) in [4.78, 5) is 12.2. The number of benzene rings is 3. The summed E-state index contributed by atoms with van der Waals surface area (Å²) >= 11 is 0. The first kappa shape index (κ1) is 26.7. The molecule has 0 aromatic heterocycles. The van der Waals surface area contributed by atoms with Gasteiger partial charge in [0, 0.05) is 6.07 Å². The van der Waals surface area contributed by atoms with E-state index in [-0.39, 0.29) is 24.1 Å². The molecule has 1 heterocycles. The van der Waals surface area contributed by atoms with E-state index in [1.807, 2.05) is 60.7 Å². The maximum atomic E-state index is 12.7. The first-order valence-electron chi connectivity index (χ1n) is 11.9. The molecule has 1 aliphatic heterocycles. The fraction of sp³-hybridized carbons (Fsp3) is 0.296. The van der Waals surface area contributed by atoms with Gasteiger partial charge in [0.05, 0.1) is 12.9 Å². The zero-order valence-corrected chi connectivity index (χ0v) is 23.1. The van der Waals surface area contributed by atoms with Crippen LogP contribution in [-0.4, -0.2) is 53.5 Å². The van der Waals surface area contributed by atoms with E-state index in [1.54, 1.807) is 12.1 Å². The number of nitrogens with zero attached hydrogens (tertiary/aromatic N) is 1. The molecule has 0 bridgehead atoms. The molecular formula is C27H31NO7SSi. The van der Waals surface area contributed by atoms with Gasteiger partial charge in [-0.3, -0.25) is 0 Å². The number of amides is 1. The second-order valence-corrected chi connectivity index (χ2v) is 16.0. The first-order chi connectivity index (χ1) is 17.4. The van der Waals surface area contributed by atoms with E-state index >= 15 is 0 Å². The van der Waals surface area contributed by atoms with Crippen LogP contribution in [0.25, 0.3) is 0 Å². The van der Waals surface area contributed by atoms with Crippen molar-refractivity contribution in [2.45, 2.75) is 31.9 Å². The van der Waals surface area contributed by atoms with Gasteiger partial charge >= 0.3 is 14.4 Å². The van der Waals surface area contributed by atoms with Crippen molar-refractivity contribution in [1.82, 2.24) is 0 Å². The van der Waals surface area contributed by atoms with Gasteiger partial charge in [-0.15, -0.1) is 0 Å². The third-order valence-corrected chi connectivity index (χ3v) is 12.1. The molecular weight excluding hydrogens is 510 g/mol. The highest BCUT2D eigenvalue weighted by Crippen LogP contribution is 2.42. The van der Waals surface area contributed by atoms with Crippen LogP contribution < -0.4 is 23.8 Å². The van der Waals surface area contributed by atoms with Crippen LogP contribution in [0.1, 0.15) is 20.8 Å². The van der Waals surface area contributed by atoms with Gasteiger partial charge in [0.15, 0.2) is 0 Å². The van der Waals surface area contributed by atoms with Gasteiger partial charge in [-0.2, -0.15) is 4.31 Å². The normalized spacial score (nSPS) is 15.6. The summed E-state index contributed by atoms with van der Waals surface area (Å²) < 4.78 is 43.6. The molecule has 3 aromatic rings. The monoisotopic (exact) mass is 541 g/mol. The molecule has 196 valence electrons. The van der Waals surface area contributed by atoms with Crippen LogP contribution in [0.15, 0.2) is 78.9 Å². The molecule has 10 heteroatoms. The molecule has 3 aromatic carbocycles. The molecule has 0 aliphatic carbocycles. The second kappa shape index (κ2) is 10.2. The lowest BCUT2D eigenvalue weighted by Gasteiger charge is -2.43. The van der Waals surface area contributed by atoms with Crippen molar-refractivity contribution in [3.63, 3.8) is 0 Å². The third kappa shape index (κ3) is 5.66. The van der Waals surface area contributed by atoms with Crippen LogP contribution in [-0.2, 0) is 14.8 Å². The van der Waals surface area contributed by atoms with Gasteiger partial charge in [-0.05, 0) is 27.5 Å². The Morgan fingerprint density at radius 2 is 1.57 bits per heavy atom. The molecule has 1 fully saturated rings. The lowest BCUT2D eigenvalue weighted by molar-refractivity contribution is 0.206. The maximum absolute atomic E-state index is 12.7. The van der Waals surface area contributed by atoms with Gasteiger partial charge in [-0.25, -0.2) is 13.2 Å². The molecule has 1 aliphatic rings. The Balaban J connectivity index is 1.94. The van der Waals surface area contributed by atoms with Crippen molar-refractivity contribution in [3.8, 4) is 11.5 Å². The molecule has 0 radical (unpaired) electrons. The second-order valence-electron chi connectivity index (χ2n) is 9.97.